The van der Waals surface area contributed by atoms with Crippen molar-refractivity contribution in [1.29, 1.82) is 0 Å². The van der Waals surface area contributed by atoms with Crippen LogP contribution < -0.4 is 27.8 Å². The van der Waals surface area contributed by atoms with Crippen molar-refractivity contribution in [2.24, 2.45) is 0 Å². The van der Waals surface area contributed by atoms with E-state index in [1.54, 1.807) is 19.1 Å². The average Bonchev–Trinajstić information content (AvgIpc) is 2.51. The molecule has 0 bridgehead atoms. The minimum Gasteiger partial charge on any atom is -1.00 e. The third-order valence-corrected chi connectivity index (χ3v) is 3.29. The smallest absolute Gasteiger partial charge is 0.274 e. The van der Waals surface area contributed by atoms with Gasteiger partial charge in [0.1, 0.15) is 5.75 Å². The van der Waals surface area contributed by atoms with E-state index >= 15 is 0 Å². The Labute approximate surface area is 151 Å². The summed E-state index contributed by atoms with van der Waals surface area (Å²) in [5.41, 5.74) is 2.02. The Hall–Kier alpha value is -2.38. The predicted molar refractivity (Wildman–Crippen MR) is 95.3 cm³/mol. The van der Waals surface area contributed by atoms with Crippen LogP contribution in [0.5, 0.6) is 5.75 Å². The molecule has 2 aromatic rings. The van der Waals surface area contributed by atoms with Crippen LogP contribution in [0.4, 0.5) is 17.1 Å². The summed E-state index contributed by atoms with van der Waals surface area (Å²) in [5, 5.41) is 17.3. The first-order valence-electron chi connectivity index (χ1n) is 7.05. The zero-order chi connectivity index (χ0) is 16.8. The number of thiocarbonyl (C=S) groups is 1. The van der Waals surface area contributed by atoms with Crippen LogP contribution in [0.1, 0.15) is 12.5 Å². The Kier molecular flexibility index (Phi) is 7.41. The summed E-state index contributed by atoms with van der Waals surface area (Å²) >= 11 is 5.22. The summed E-state index contributed by atoms with van der Waals surface area (Å²) < 4.78 is 5.37. The molecule has 2 rings (SSSR count). The maximum absolute atomic E-state index is 11.0. The van der Waals surface area contributed by atoms with Gasteiger partial charge in [0.2, 0.25) is 0 Å². The van der Waals surface area contributed by atoms with Crippen molar-refractivity contribution in [3.8, 4) is 5.75 Å². The first-order chi connectivity index (χ1) is 11.0. The number of nitrogens with one attached hydrogen (secondary N) is 2. The lowest BCUT2D eigenvalue weighted by Crippen LogP contribution is -3.00. The van der Waals surface area contributed by atoms with E-state index < -0.39 is 4.92 Å². The molecule has 0 spiro atoms. The molecule has 0 fully saturated rings. The third kappa shape index (κ3) is 5.36. The lowest BCUT2D eigenvalue weighted by atomic mass is 10.2. The molecule has 0 saturated carbocycles. The Morgan fingerprint density at radius 3 is 2.33 bits per heavy atom. The van der Waals surface area contributed by atoms with Gasteiger partial charge < -0.3 is 27.8 Å². The molecule has 0 radical (unpaired) electrons. The first-order valence-corrected chi connectivity index (χ1v) is 7.46. The van der Waals surface area contributed by atoms with Crippen molar-refractivity contribution in [2.75, 3.05) is 17.2 Å². The highest BCUT2D eigenvalue weighted by Gasteiger charge is 2.11. The summed E-state index contributed by atoms with van der Waals surface area (Å²) in [7, 11) is 0. The molecule has 0 saturated heterocycles. The largest absolute Gasteiger partial charge is 1.00 e. The molecule has 0 amide bonds. The van der Waals surface area contributed by atoms with Crippen LogP contribution in [-0.4, -0.2) is 16.6 Å². The minimum absolute atomic E-state index is 0. The fourth-order valence-corrected chi connectivity index (χ4v) is 2.21. The second-order valence-corrected chi connectivity index (χ2v) is 5.20. The van der Waals surface area contributed by atoms with Crippen LogP contribution in [0.3, 0.4) is 0 Å². The van der Waals surface area contributed by atoms with Gasteiger partial charge >= 0.3 is 0 Å². The Morgan fingerprint density at radius 2 is 1.75 bits per heavy atom. The maximum atomic E-state index is 11.0. The number of ether oxygens (including phenoxy) is 1. The highest BCUT2D eigenvalue weighted by Crippen LogP contribution is 2.22. The topological polar surface area (TPSA) is 76.4 Å². The second-order valence-electron chi connectivity index (χ2n) is 4.79. The zero-order valence-electron chi connectivity index (χ0n) is 13.2. The Morgan fingerprint density at radius 1 is 1.17 bits per heavy atom. The van der Waals surface area contributed by atoms with Crippen LogP contribution >= 0.6 is 12.2 Å². The fraction of sp³-hybridized carbons (Fsp3) is 0.188. The van der Waals surface area contributed by atoms with E-state index in [4.69, 9.17) is 17.0 Å². The van der Waals surface area contributed by atoms with E-state index in [9.17, 15) is 10.1 Å². The number of nitro benzene ring substituents is 1. The van der Waals surface area contributed by atoms with E-state index in [1.165, 1.54) is 6.07 Å². The van der Waals surface area contributed by atoms with Gasteiger partial charge in [0.25, 0.3) is 5.69 Å². The molecule has 0 atom stereocenters. The molecular weight excluding hydrogens is 350 g/mol. The van der Waals surface area contributed by atoms with Gasteiger partial charge in [0, 0.05) is 23.0 Å². The molecule has 2 aromatic carbocycles. The number of halogens is 1. The van der Waals surface area contributed by atoms with Gasteiger partial charge in [-0.3, -0.25) is 10.1 Å². The van der Waals surface area contributed by atoms with E-state index in [0.717, 1.165) is 11.4 Å². The second kappa shape index (κ2) is 9.05. The molecule has 24 heavy (non-hydrogen) atoms. The highest BCUT2D eigenvalue weighted by atomic mass is 35.5. The van der Waals surface area contributed by atoms with Gasteiger partial charge in [-0.05, 0) is 56.4 Å². The minimum atomic E-state index is -0.413. The van der Waals surface area contributed by atoms with Crippen LogP contribution in [0.15, 0.2) is 42.5 Å². The summed E-state index contributed by atoms with van der Waals surface area (Å²) in [6.45, 7) is 4.23. The number of hydrogen-bond acceptors (Lipinski definition) is 4. The predicted octanol–water partition coefficient (Wildman–Crippen LogP) is 1.11. The molecule has 0 aliphatic rings. The van der Waals surface area contributed by atoms with Crippen LogP contribution in [0.2, 0.25) is 0 Å². The van der Waals surface area contributed by atoms with Gasteiger partial charge in [-0.15, -0.1) is 0 Å². The van der Waals surface area contributed by atoms with Gasteiger partial charge in [0.15, 0.2) is 5.11 Å². The lowest BCUT2D eigenvalue weighted by Gasteiger charge is -2.11. The number of rotatable bonds is 5. The number of benzene rings is 2. The molecular formula is C16H17ClN3O3S-. The number of nitro groups is 1. The number of nitrogens with zero attached hydrogens (tertiary/aromatic N) is 1. The van der Waals surface area contributed by atoms with Crippen molar-refractivity contribution in [2.45, 2.75) is 13.8 Å². The Balaban J connectivity index is 0.00000288. The number of anilines is 2. The third-order valence-electron chi connectivity index (χ3n) is 3.09. The molecule has 0 heterocycles. The van der Waals surface area contributed by atoms with Crippen molar-refractivity contribution in [3.63, 3.8) is 0 Å². The summed E-state index contributed by atoms with van der Waals surface area (Å²) in [5.74, 6) is 0.783. The molecule has 0 unspecified atom stereocenters. The van der Waals surface area contributed by atoms with Crippen LogP contribution in [-0.2, 0) is 0 Å². The number of aryl methyl sites for hydroxylation is 1. The van der Waals surface area contributed by atoms with Gasteiger partial charge in [0.05, 0.1) is 11.5 Å². The molecule has 8 heteroatoms. The van der Waals surface area contributed by atoms with Crippen molar-refractivity contribution in [3.05, 3.63) is 58.1 Å². The number of hydrogen-bond donors (Lipinski definition) is 2. The van der Waals surface area contributed by atoms with Crippen LogP contribution in [0.25, 0.3) is 0 Å². The van der Waals surface area contributed by atoms with Gasteiger partial charge in [-0.25, -0.2) is 0 Å². The normalized spacial score (nSPS) is 9.58. The zero-order valence-corrected chi connectivity index (χ0v) is 14.8. The highest BCUT2D eigenvalue weighted by molar-refractivity contribution is 7.80. The van der Waals surface area contributed by atoms with Gasteiger partial charge in [-0.2, -0.15) is 0 Å². The standard InChI is InChI=1S/C16H17N3O3S.ClH/c1-3-22-14-8-6-12(7-9-14)17-16(23)18-13-5-4-11(2)15(10-13)19(20)21;/h4-10H,3H2,1-2H3,(H2,17,18,23);1H/p-1. The maximum Gasteiger partial charge on any atom is 0.274 e. The molecule has 2 N–H and O–H groups in total. The molecule has 128 valence electrons. The summed E-state index contributed by atoms with van der Waals surface area (Å²) in [6.07, 6.45) is 0. The van der Waals surface area contributed by atoms with E-state index in [0.29, 0.717) is 23.0 Å². The monoisotopic (exact) mass is 366 g/mol. The molecule has 0 aromatic heterocycles. The van der Waals surface area contributed by atoms with Crippen molar-refractivity contribution < 1.29 is 22.1 Å². The first kappa shape index (κ1) is 19.7. The molecule has 0 aliphatic heterocycles. The van der Waals surface area contributed by atoms with E-state index in [2.05, 4.69) is 10.6 Å². The Bertz CT molecular complexity index is 723. The van der Waals surface area contributed by atoms with E-state index in [1.807, 2.05) is 31.2 Å². The SMILES string of the molecule is CCOc1ccc(NC(=S)Nc2ccc(C)c([N+](=O)[O-])c2)cc1.[Cl-]. The van der Waals surface area contributed by atoms with Crippen LogP contribution in [0, 0.1) is 17.0 Å². The quantitative estimate of drug-likeness (QED) is 0.469. The lowest BCUT2D eigenvalue weighted by molar-refractivity contribution is -0.385. The average molecular weight is 367 g/mol. The van der Waals surface area contributed by atoms with Crippen molar-refractivity contribution >= 4 is 34.4 Å². The van der Waals surface area contributed by atoms with Gasteiger partial charge in [-0.1, -0.05) is 6.07 Å². The molecule has 6 nitrogen and oxygen atoms in total. The summed E-state index contributed by atoms with van der Waals surface area (Å²) in [6, 6.07) is 12.2. The summed E-state index contributed by atoms with van der Waals surface area (Å²) in [4.78, 5) is 10.5. The molecule has 0 aliphatic carbocycles. The fourth-order valence-electron chi connectivity index (χ4n) is 1.98. The van der Waals surface area contributed by atoms with E-state index in [-0.39, 0.29) is 18.1 Å². The van der Waals surface area contributed by atoms with Crippen molar-refractivity contribution in [1.82, 2.24) is 0 Å².